The zero-order chi connectivity index (χ0) is 12.4. The summed E-state index contributed by atoms with van der Waals surface area (Å²) in [4.78, 5) is 11.8. The first-order valence-corrected chi connectivity index (χ1v) is 5.27. The van der Waals surface area contributed by atoms with Gasteiger partial charge in [0.05, 0.1) is 17.1 Å². The molecule has 1 aromatic heterocycles. The van der Waals surface area contributed by atoms with E-state index in [4.69, 9.17) is 11.6 Å². The molecule has 17 heavy (non-hydrogen) atoms. The highest BCUT2D eigenvalue weighted by atomic mass is 35.5. The van der Waals surface area contributed by atoms with Crippen molar-refractivity contribution in [2.24, 2.45) is 7.05 Å². The van der Waals surface area contributed by atoms with Crippen LogP contribution in [0.1, 0.15) is 16.1 Å². The molecule has 0 bridgehead atoms. The Morgan fingerprint density at radius 3 is 2.88 bits per heavy atom. The fourth-order valence-corrected chi connectivity index (χ4v) is 1.53. The molecule has 88 valence electrons. The third kappa shape index (κ3) is 2.68. The summed E-state index contributed by atoms with van der Waals surface area (Å²) in [5.41, 5.74) is 0.824. The van der Waals surface area contributed by atoms with Crippen LogP contribution in [0.25, 0.3) is 0 Å². The second kappa shape index (κ2) is 4.63. The van der Waals surface area contributed by atoms with E-state index in [1.165, 1.54) is 16.8 Å². The van der Waals surface area contributed by atoms with Gasteiger partial charge < -0.3 is 0 Å². The molecule has 0 unspecified atom stereocenters. The van der Waals surface area contributed by atoms with Gasteiger partial charge in [0.2, 0.25) is 0 Å². The van der Waals surface area contributed by atoms with Crippen LogP contribution in [0.2, 0.25) is 5.02 Å². The molecule has 0 aliphatic heterocycles. The predicted octanol–water partition coefficient (Wildman–Crippen LogP) is 2.03. The molecule has 0 aliphatic rings. The van der Waals surface area contributed by atoms with Crippen molar-refractivity contribution in [2.45, 2.75) is 6.42 Å². The van der Waals surface area contributed by atoms with E-state index in [2.05, 4.69) is 10.3 Å². The molecule has 0 atom stereocenters. The normalized spacial score (nSPS) is 10.5. The molecular weight excluding hydrogens is 245 g/mol. The van der Waals surface area contributed by atoms with Gasteiger partial charge in [0.15, 0.2) is 5.78 Å². The molecule has 0 saturated carbocycles. The first-order chi connectivity index (χ1) is 8.06. The quantitative estimate of drug-likeness (QED) is 0.787. The lowest BCUT2D eigenvalue weighted by Crippen LogP contribution is -2.04. The van der Waals surface area contributed by atoms with E-state index in [1.807, 2.05) is 0 Å². The van der Waals surface area contributed by atoms with E-state index in [9.17, 15) is 9.18 Å². The van der Waals surface area contributed by atoms with Crippen molar-refractivity contribution >= 4 is 17.4 Å². The van der Waals surface area contributed by atoms with Gasteiger partial charge in [0, 0.05) is 18.8 Å². The third-order valence-corrected chi connectivity index (χ3v) is 2.54. The Balaban J connectivity index is 2.17. The van der Waals surface area contributed by atoms with Crippen molar-refractivity contribution in [1.82, 2.24) is 15.0 Å². The molecule has 0 amide bonds. The molecule has 0 saturated heterocycles. The van der Waals surface area contributed by atoms with Crippen LogP contribution in [0, 0.1) is 5.82 Å². The molecule has 0 spiro atoms. The molecule has 1 aromatic carbocycles. The Morgan fingerprint density at radius 1 is 1.53 bits per heavy atom. The topological polar surface area (TPSA) is 47.8 Å². The van der Waals surface area contributed by atoms with Crippen LogP contribution in [0.3, 0.4) is 0 Å². The van der Waals surface area contributed by atoms with E-state index >= 15 is 0 Å². The minimum atomic E-state index is -0.600. The van der Waals surface area contributed by atoms with E-state index in [-0.39, 0.29) is 22.8 Å². The monoisotopic (exact) mass is 253 g/mol. The molecule has 0 N–H and O–H groups in total. The number of rotatable bonds is 3. The lowest BCUT2D eigenvalue weighted by Gasteiger charge is -2.00. The van der Waals surface area contributed by atoms with Crippen LogP contribution in [0.4, 0.5) is 4.39 Å². The number of ketones is 1. The number of halogens is 2. The van der Waals surface area contributed by atoms with Crippen LogP contribution in [0.15, 0.2) is 24.4 Å². The lowest BCUT2D eigenvalue weighted by molar-refractivity contribution is 0.0991. The highest BCUT2D eigenvalue weighted by Gasteiger charge is 2.11. The van der Waals surface area contributed by atoms with Gasteiger partial charge in [-0.2, -0.15) is 0 Å². The number of Topliss-reactive ketones (excluding diaryl/α,β-unsaturated/α-hetero) is 1. The molecule has 6 heteroatoms. The first-order valence-electron chi connectivity index (χ1n) is 4.89. The summed E-state index contributed by atoms with van der Waals surface area (Å²) < 4.78 is 14.7. The smallest absolute Gasteiger partial charge is 0.169 e. The second-order valence-corrected chi connectivity index (χ2v) is 4.02. The minimum absolute atomic E-state index is 0.000975. The van der Waals surface area contributed by atoms with Crippen LogP contribution in [-0.2, 0) is 13.5 Å². The zero-order valence-electron chi connectivity index (χ0n) is 9.02. The van der Waals surface area contributed by atoms with Crippen molar-refractivity contribution in [1.29, 1.82) is 0 Å². The zero-order valence-corrected chi connectivity index (χ0v) is 9.78. The number of hydrogen-bond donors (Lipinski definition) is 0. The SMILES string of the molecule is Cn1cc(CC(=O)c2ccc(Cl)c(F)c2)nn1. The van der Waals surface area contributed by atoms with E-state index in [0.717, 1.165) is 6.07 Å². The lowest BCUT2D eigenvalue weighted by atomic mass is 10.1. The van der Waals surface area contributed by atoms with E-state index in [1.54, 1.807) is 13.2 Å². The van der Waals surface area contributed by atoms with Gasteiger partial charge in [-0.05, 0) is 18.2 Å². The van der Waals surface area contributed by atoms with Crippen LogP contribution in [0.5, 0.6) is 0 Å². The average molecular weight is 254 g/mol. The molecule has 0 aliphatic carbocycles. The maximum Gasteiger partial charge on any atom is 0.169 e. The summed E-state index contributed by atoms with van der Waals surface area (Å²) in [6.07, 6.45) is 1.74. The van der Waals surface area contributed by atoms with Crippen molar-refractivity contribution in [3.63, 3.8) is 0 Å². The van der Waals surface area contributed by atoms with Crippen molar-refractivity contribution in [2.75, 3.05) is 0 Å². The van der Waals surface area contributed by atoms with Gasteiger partial charge in [-0.25, -0.2) is 4.39 Å². The summed E-state index contributed by atoms with van der Waals surface area (Å²) in [7, 11) is 1.71. The molecule has 4 nitrogen and oxygen atoms in total. The number of benzene rings is 1. The van der Waals surface area contributed by atoms with E-state index in [0.29, 0.717) is 5.69 Å². The van der Waals surface area contributed by atoms with Gasteiger partial charge in [-0.3, -0.25) is 9.48 Å². The van der Waals surface area contributed by atoms with Gasteiger partial charge in [0.1, 0.15) is 5.82 Å². The number of hydrogen-bond acceptors (Lipinski definition) is 3. The van der Waals surface area contributed by atoms with Gasteiger partial charge in [0.25, 0.3) is 0 Å². The molecule has 0 fully saturated rings. The predicted molar refractivity (Wildman–Crippen MR) is 60.4 cm³/mol. The fraction of sp³-hybridized carbons (Fsp3) is 0.182. The summed E-state index contributed by atoms with van der Waals surface area (Å²) in [6.45, 7) is 0. The van der Waals surface area contributed by atoms with Crippen LogP contribution >= 0.6 is 11.6 Å². The van der Waals surface area contributed by atoms with Gasteiger partial charge in [-0.15, -0.1) is 5.10 Å². The Hall–Kier alpha value is -1.75. The maximum atomic E-state index is 13.2. The van der Waals surface area contributed by atoms with Gasteiger partial charge in [-0.1, -0.05) is 16.8 Å². The molecule has 2 rings (SSSR count). The minimum Gasteiger partial charge on any atom is -0.294 e. The van der Waals surface area contributed by atoms with Gasteiger partial charge >= 0.3 is 0 Å². The second-order valence-electron chi connectivity index (χ2n) is 3.61. The van der Waals surface area contributed by atoms with Crippen molar-refractivity contribution in [3.05, 3.63) is 46.5 Å². The first kappa shape index (κ1) is 11.7. The molecular formula is C11H9ClFN3O. The molecule has 1 heterocycles. The highest BCUT2D eigenvalue weighted by Crippen LogP contribution is 2.16. The van der Waals surface area contributed by atoms with E-state index < -0.39 is 5.82 Å². The summed E-state index contributed by atoms with van der Waals surface area (Å²) in [6, 6.07) is 3.98. The summed E-state index contributed by atoms with van der Waals surface area (Å²) >= 11 is 5.54. The largest absolute Gasteiger partial charge is 0.294 e. The maximum absolute atomic E-state index is 13.2. The Labute approximate surface area is 102 Å². The summed E-state index contributed by atoms with van der Waals surface area (Å²) in [5.74, 6) is -0.822. The molecule has 2 aromatic rings. The Bertz CT molecular complexity index is 568. The van der Waals surface area contributed by atoms with Crippen LogP contribution in [-0.4, -0.2) is 20.8 Å². The number of aryl methyl sites for hydroxylation is 1. The van der Waals surface area contributed by atoms with Crippen molar-refractivity contribution < 1.29 is 9.18 Å². The number of nitrogens with zero attached hydrogens (tertiary/aromatic N) is 3. The third-order valence-electron chi connectivity index (χ3n) is 2.23. The molecule has 0 radical (unpaired) electrons. The highest BCUT2D eigenvalue weighted by molar-refractivity contribution is 6.30. The number of carbonyl (C=O) groups excluding carboxylic acids is 1. The van der Waals surface area contributed by atoms with Crippen molar-refractivity contribution in [3.8, 4) is 0 Å². The average Bonchev–Trinajstić information content (AvgIpc) is 2.68. The number of aromatic nitrogens is 3. The van der Waals surface area contributed by atoms with Crippen LogP contribution < -0.4 is 0 Å². The fourth-order valence-electron chi connectivity index (χ4n) is 1.41. The summed E-state index contributed by atoms with van der Waals surface area (Å²) in [5, 5.41) is 7.51. The standard InChI is InChI=1S/C11H9ClFN3O/c1-16-6-8(14-15-16)5-11(17)7-2-3-9(12)10(13)4-7/h2-4,6H,5H2,1H3. The Morgan fingerprint density at radius 2 is 2.29 bits per heavy atom. The Kier molecular flexibility index (Phi) is 3.19. The number of carbonyl (C=O) groups is 1.